The SMILES string of the molecule is COc1cccc2[nH]c3c(ccc4c3[nH]c3cccc(OC)c34)c12. The molecule has 0 amide bonds. The number of aromatic amines is 2. The summed E-state index contributed by atoms with van der Waals surface area (Å²) >= 11 is 0. The van der Waals surface area contributed by atoms with Gasteiger partial charge in [-0.05, 0) is 24.3 Å². The third-order valence-corrected chi connectivity index (χ3v) is 4.76. The molecule has 0 spiro atoms. The summed E-state index contributed by atoms with van der Waals surface area (Å²) in [6.07, 6.45) is 0. The fraction of sp³-hybridized carbons (Fsp3) is 0.100. The fourth-order valence-electron chi connectivity index (χ4n) is 3.71. The van der Waals surface area contributed by atoms with Crippen LogP contribution >= 0.6 is 0 Å². The summed E-state index contributed by atoms with van der Waals surface area (Å²) < 4.78 is 11.1. The maximum absolute atomic E-state index is 5.55. The summed E-state index contributed by atoms with van der Waals surface area (Å²) in [5.74, 6) is 1.76. The van der Waals surface area contributed by atoms with Crippen molar-refractivity contribution in [2.45, 2.75) is 0 Å². The standard InChI is InChI=1S/C20H16N2O2/c1-23-15-7-3-5-13-17(15)11-9-10-12-18-14(6-4-8-16(18)24-2)22-20(12)19(11)21-13/h3-10,21-22H,1-2H3. The molecule has 0 atom stereocenters. The second-order valence-corrected chi connectivity index (χ2v) is 5.93. The molecule has 0 aliphatic carbocycles. The van der Waals surface area contributed by atoms with Crippen LogP contribution in [0.1, 0.15) is 0 Å². The van der Waals surface area contributed by atoms with Crippen LogP contribution < -0.4 is 9.47 Å². The highest BCUT2D eigenvalue weighted by atomic mass is 16.5. The molecule has 5 rings (SSSR count). The van der Waals surface area contributed by atoms with Crippen molar-refractivity contribution in [1.82, 2.24) is 9.97 Å². The zero-order chi connectivity index (χ0) is 16.3. The monoisotopic (exact) mass is 316 g/mol. The molecule has 0 unspecified atom stereocenters. The number of ether oxygens (including phenoxy) is 2. The molecule has 0 saturated heterocycles. The average molecular weight is 316 g/mol. The Labute approximate surface area is 138 Å². The van der Waals surface area contributed by atoms with Crippen LogP contribution in [0, 0.1) is 0 Å². The maximum Gasteiger partial charge on any atom is 0.128 e. The minimum atomic E-state index is 0.881. The van der Waals surface area contributed by atoms with Crippen LogP contribution in [0.3, 0.4) is 0 Å². The molecule has 2 heterocycles. The van der Waals surface area contributed by atoms with Gasteiger partial charge in [-0.1, -0.05) is 24.3 Å². The van der Waals surface area contributed by atoms with Crippen molar-refractivity contribution >= 4 is 43.6 Å². The lowest BCUT2D eigenvalue weighted by Crippen LogP contribution is -1.83. The van der Waals surface area contributed by atoms with Crippen LogP contribution in [0.5, 0.6) is 11.5 Å². The topological polar surface area (TPSA) is 50.0 Å². The first-order chi connectivity index (χ1) is 11.8. The fourth-order valence-corrected chi connectivity index (χ4v) is 3.71. The van der Waals surface area contributed by atoms with Crippen LogP contribution in [0.15, 0.2) is 48.5 Å². The van der Waals surface area contributed by atoms with E-state index < -0.39 is 0 Å². The van der Waals surface area contributed by atoms with Crippen molar-refractivity contribution in [1.29, 1.82) is 0 Å². The number of H-pyrrole nitrogens is 2. The number of benzene rings is 3. The first-order valence-corrected chi connectivity index (χ1v) is 7.87. The van der Waals surface area contributed by atoms with Gasteiger partial charge in [0, 0.05) is 21.5 Å². The molecule has 2 aromatic heterocycles. The van der Waals surface area contributed by atoms with Gasteiger partial charge in [-0.3, -0.25) is 0 Å². The molecular formula is C20H16N2O2. The van der Waals surface area contributed by atoms with Crippen LogP contribution in [0.2, 0.25) is 0 Å². The highest BCUT2D eigenvalue weighted by molar-refractivity contribution is 6.23. The highest BCUT2D eigenvalue weighted by Gasteiger charge is 2.15. The van der Waals surface area contributed by atoms with E-state index in [4.69, 9.17) is 9.47 Å². The smallest absolute Gasteiger partial charge is 0.128 e. The summed E-state index contributed by atoms with van der Waals surface area (Å²) in [7, 11) is 3.42. The minimum absolute atomic E-state index is 0.881. The van der Waals surface area contributed by atoms with Gasteiger partial charge in [-0.2, -0.15) is 0 Å². The minimum Gasteiger partial charge on any atom is -0.496 e. The first-order valence-electron chi connectivity index (χ1n) is 7.87. The number of hydrogen-bond acceptors (Lipinski definition) is 2. The van der Waals surface area contributed by atoms with E-state index in [1.807, 2.05) is 24.3 Å². The zero-order valence-electron chi connectivity index (χ0n) is 13.4. The Morgan fingerprint density at radius 2 is 1.08 bits per heavy atom. The lowest BCUT2D eigenvalue weighted by atomic mass is 10.1. The lowest BCUT2D eigenvalue weighted by Gasteiger charge is -2.02. The lowest BCUT2D eigenvalue weighted by molar-refractivity contribution is 0.420. The predicted octanol–water partition coefficient (Wildman–Crippen LogP) is 4.97. The van der Waals surface area contributed by atoms with Gasteiger partial charge in [0.15, 0.2) is 0 Å². The van der Waals surface area contributed by atoms with Crippen LogP contribution in [0.25, 0.3) is 43.6 Å². The van der Waals surface area contributed by atoms with Crippen molar-refractivity contribution in [3.63, 3.8) is 0 Å². The Hall–Kier alpha value is -3.14. The summed E-state index contributed by atoms with van der Waals surface area (Å²) in [5.41, 5.74) is 4.32. The molecule has 4 heteroatoms. The molecule has 0 bridgehead atoms. The number of fused-ring (bicyclic) bond motifs is 7. The van der Waals surface area contributed by atoms with E-state index in [9.17, 15) is 0 Å². The third-order valence-electron chi connectivity index (χ3n) is 4.76. The number of aromatic nitrogens is 2. The van der Waals surface area contributed by atoms with Crippen molar-refractivity contribution in [3.8, 4) is 11.5 Å². The van der Waals surface area contributed by atoms with Gasteiger partial charge < -0.3 is 19.4 Å². The molecule has 4 nitrogen and oxygen atoms in total. The Balaban J connectivity index is 2.01. The molecule has 0 aliphatic heterocycles. The van der Waals surface area contributed by atoms with Crippen LogP contribution in [0.4, 0.5) is 0 Å². The van der Waals surface area contributed by atoms with Crippen molar-refractivity contribution < 1.29 is 9.47 Å². The first kappa shape index (κ1) is 13.3. The van der Waals surface area contributed by atoms with Gasteiger partial charge in [-0.25, -0.2) is 0 Å². The number of hydrogen-bond donors (Lipinski definition) is 2. The molecule has 2 N–H and O–H groups in total. The van der Waals surface area contributed by atoms with Gasteiger partial charge in [0.05, 0.1) is 36.3 Å². The average Bonchev–Trinajstić information content (AvgIpc) is 3.19. The van der Waals surface area contributed by atoms with Gasteiger partial charge in [-0.15, -0.1) is 0 Å². The Morgan fingerprint density at radius 1 is 0.625 bits per heavy atom. The molecule has 0 saturated carbocycles. The van der Waals surface area contributed by atoms with Gasteiger partial charge in [0.2, 0.25) is 0 Å². The summed E-state index contributed by atoms with van der Waals surface area (Å²) in [6, 6.07) is 16.4. The summed E-state index contributed by atoms with van der Waals surface area (Å²) in [4.78, 5) is 7.08. The van der Waals surface area contributed by atoms with E-state index in [2.05, 4.69) is 34.2 Å². The van der Waals surface area contributed by atoms with E-state index in [1.165, 1.54) is 0 Å². The Bertz CT molecular complexity index is 1130. The predicted molar refractivity (Wildman–Crippen MR) is 98.3 cm³/mol. The summed E-state index contributed by atoms with van der Waals surface area (Å²) in [6.45, 7) is 0. The van der Waals surface area contributed by atoms with Crippen molar-refractivity contribution in [2.75, 3.05) is 14.2 Å². The number of nitrogens with one attached hydrogen (secondary N) is 2. The van der Waals surface area contributed by atoms with Crippen molar-refractivity contribution in [2.24, 2.45) is 0 Å². The summed E-state index contributed by atoms with van der Waals surface area (Å²) in [5, 5.41) is 4.53. The van der Waals surface area contributed by atoms with E-state index >= 15 is 0 Å². The van der Waals surface area contributed by atoms with Gasteiger partial charge >= 0.3 is 0 Å². The zero-order valence-corrected chi connectivity index (χ0v) is 13.4. The molecule has 0 fully saturated rings. The van der Waals surface area contributed by atoms with Gasteiger partial charge in [0.1, 0.15) is 11.5 Å². The van der Waals surface area contributed by atoms with Gasteiger partial charge in [0.25, 0.3) is 0 Å². The second-order valence-electron chi connectivity index (χ2n) is 5.93. The molecule has 24 heavy (non-hydrogen) atoms. The molecular weight excluding hydrogens is 300 g/mol. The Morgan fingerprint density at radius 3 is 1.50 bits per heavy atom. The van der Waals surface area contributed by atoms with E-state index in [-0.39, 0.29) is 0 Å². The second kappa shape index (κ2) is 4.68. The van der Waals surface area contributed by atoms with Crippen LogP contribution in [-0.4, -0.2) is 24.2 Å². The van der Waals surface area contributed by atoms with E-state index in [0.717, 1.165) is 55.1 Å². The van der Waals surface area contributed by atoms with Crippen molar-refractivity contribution in [3.05, 3.63) is 48.5 Å². The molecule has 0 aliphatic rings. The Kier molecular flexibility index (Phi) is 2.59. The molecule has 5 aromatic rings. The third kappa shape index (κ3) is 1.57. The molecule has 0 radical (unpaired) electrons. The quantitative estimate of drug-likeness (QED) is 0.483. The molecule has 3 aromatic carbocycles. The number of methoxy groups -OCH3 is 2. The molecule has 118 valence electrons. The van der Waals surface area contributed by atoms with E-state index in [0.29, 0.717) is 0 Å². The maximum atomic E-state index is 5.55. The highest BCUT2D eigenvalue weighted by Crippen LogP contribution is 2.40. The number of rotatable bonds is 2. The normalized spacial score (nSPS) is 11.8. The van der Waals surface area contributed by atoms with E-state index in [1.54, 1.807) is 14.2 Å². The van der Waals surface area contributed by atoms with Crippen LogP contribution in [-0.2, 0) is 0 Å². The largest absolute Gasteiger partial charge is 0.496 e.